The van der Waals surface area contributed by atoms with Crippen LogP contribution < -0.4 is 11.1 Å². The maximum atomic E-state index is 9.85. The highest BCUT2D eigenvalue weighted by molar-refractivity contribution is 5.67. The third-order valence-corrected chi connectivity index (χ3v) is 0.765. The largest absolute Gasteiger partial charge is 0.481 e. The van der Waals surface area contributed by atoms with Crippen molar-refractivity contribution in [2.24, 2.45) is 5.73 Å². The van der Waals surface area contributed by atoms with Crippen LogP contribution in [0.4, 0.5) is 0 Å². The maximum Gasteiger partial charge on any atom is 0.306 e. The number of aliphatic carboxylic acids is 1. The van der Waals surface area contributed by atoms with Gasteiger partial charge < -0.3 is 16.2 Å². The van der Waals surface area contributed by atoms with Gasteiger partial charge in [-0.1, -0.05) is 0 Å². The van der Waals surface area contributed by atoms with E-state index >= 15 is 0 Å². The summed E-state index contributed by atoms with van der Waals surface area (Å²) in [5, 5.41) is 10.7. The molecule has 0 aliphatic heterocycles. The Morgan fingerprint density at radius 3 is 2.62 bits per heavy atom. The fraction of sp³-hybridized carbons (Fsp3) is 0.750. The molecule has 8 heavy (non-hydrogen) atoms. The Hall–Kier alpha value is -0.610. The van der Waals surface area contributed by atoms with Crippen molar-refractivity contribution in [2.45, 2.75) is 12.6 Å². The van der Waals surface area contributed by atoms with Crippen LogP contribution in [0.5, 0.6) is 0 Å². The van der Waals surface area contributed by atoms with E-state index in [1.165, 1.54) is 0 Å². The summed E-state index contributed by atoms with van der Waals surface area (Å²) in [6.07, 6.45) is -0.455. The van der Waals surface area contributed by atoms with Crippen LogP contribution in [-0.4, -0.2) is 24.3 Å². The van der Waals surface area contributed by atoms with Gasteiger partial charge in [0.15, 0.2) is 0 Å². The van der Waals surface area contributed by atoms with E-state index in [1.807, 2.05) is 0 Å². The van der Waals surface area contributed by atoms with E-state index in [2.05, 4.69) is 5.32 Å². The van der Waals surface area contributed by atoms with Gasteiger partial charge in [-0.25, -0.2) is 0 Å². The minimum atomic E-state index is -0.883. The maximum absolute atomic E-state index is 9.85. The second-order valence-electron chi connectivity index (χ2n) is 1.49. The molecule has 1 atom stereocenters. The Bertz CT molecular complexity index is 84.1. The van der Waals surface area contributed by atoms with E-state index in [0.717, 1.165) is 0 Å². The van der Waals surface area contributed by atoms with E-state index in [4.69, 9.17) is 10.8 Å². The van der Waals surface area contributed by atoms with Crippen LogP contribution in [0, 0.1) is 0 Å². The Morgan fingerprint density at radius 1 is 2.00 bits per heavy atom. The molecule has 0 saturated carbocycles. The number of carbonyl (C=O) groups is 1. The SMILES string of the molecule is CNC(N)CC(=O)O. The van der Waals surface area contributed by atoms with Gasteiger partial charge in [0.25, 0.3) is 0 Å². The van der Waals surface area contributed by atoms with Crippen molar-refractivity contribution >= 4 is 5.97 Å². The first-order valence-corrected chi connectivity index (χ1v) is 2.31. The van der Waals surface area contributed by atoms with Crippen molar-refractivity contribution < 1.29 is 9.90 Å². The molecule has 0 fully saturated rings. The standard InChI is InChI=1S/C4H10N2O2/c1-6-3(5)2-4(7)8/h3,6H,2,5H2,1H3,(H,7,8). The summed E-state index contributed by atoms with van der Waals surface area (Å²) in [4.78, 5) is 9.85. The summed E-state index contributed by atoms with van der Waals surface area (Å²) >= 11 is 0. The molecule has 4 nitrogen and oxygen atoms in total. The molecule has 0 aromatic heterocycles. The first-order chi connectivity index (χ1) is 3.66. The summed E-state index contributed by atoms with van der Waals surface area (Å²) in [7, 11) is 1.62. The first-order valence-electron chi connectivity index (χ1n) is 2.31. The molecule has 0 aromatic rings. The van der Waals surface area contributed by atoms with Gasteiger partial charge in [-0.2, -0.15) is 0 Å². The molecule has 1 unspecified atom stereocenters. The third-order valence-electron chi connectivity index (χ3n) is 0.765. The molecule has 0 aliphatic carbocycles. The van der Waals surface area contributed by atoms with Crippen molar-refractivity contribution in [1.29, 1.82) is 0 Å². The Kier molecular flexibility index (Phi) is 3.14. The molecular formula is C4H10N2O2. The fourth-order valence-corrected chi connectivity index (χ4v) is 0.290. The number of rotatable bonds is 3. The van der Waals surface area contributed by atoms with Crippen LogP contribution in [-0.2, 0) is 4.79 Å². The van der Waals surface area contributed by atoms with Gasteiger partial charge in [0, 0.05) is 0 Å². The molecule has 48 valence electrons. The quantitative estimate of drug-likeness (QED) is 0.414. The van der Waals surface area contributed by atoms with E-state index in [0.29, 0.717) is 0 Å². The number of carboxylic acid groups (broad SMARTS) is 1. The second-order valence-corrected chi connectivity index (χ2v) is 1.49. The van der Waals surface area contributed by atoms with Crippen molar-refractivity contribution in [1.82, 2.24) is 5.32 Å². The van der Waals surface area contributed by atoms with E-state index < -0.39 is 12.1 Å². The smallest absolute Gasteiger partial charge is 0.306 e. The molecule has 0 aliphatic rings. The number of hydrogen-bond donors (Lipinski definition) is 3. The Labute approximate surface area is 47.7 Å². The third kappa shape index (κ3) is 3.58. The summed E-state index contributed by atoms with van der Waals surface area (Å²) in [5.74, 6) is -0.883. The molecule has 0 amide bonds. The second kappa shape index (κ2) is 3.40. The molecule has 4 heteroatoms. The topological polar surface area (TPSA) is 75.3 Å². The molecule has 0 aromatic carbocycles. The lowest BCUT2D eigenvalue weighted by Gasteiger charge is -2.04. The van der Waals surface area contributed by atoms with Crippen LogP contribution >= 0.6 is 0 Å². The molecule has 0 saturated heterocycles. The van der Waals surface area contributed by atoms with E-state index in [1.54, 1.807) is 7.05 Å². The van der Waals surface area contributed by atoms with E-state index in [9.17, 15) is 4.79 Å². The highest BCUT2D eigenvalue weighted by Gasteiger charge is 2.02. The van der Waals surface area contributed by atoms with Crippen molar-refractivity contribution in [3.63, 3.8) is 0 Å². The van der Waals surface area contributed by atoms with E-state index in [-0.39, 0.29) is 6.42 Å². The van der Waals surface area contributed by atoms with Crippen LogP contribution in [0.2, 0.25) is 0 Å². The molecule has 0 bridgehead atoms. The molecule has 4 N–H and O–H groups in total. The van der Waals surface area contributed by atoms with Gasteiger partial charge in [0.05, 0.1) is 12.6 Å². The zero-order valence-corrected chi connectivity index (χ0v) is 4.72. The molecule has 0 heterocycles. The Morgan fingerprint density at radius 2 is 2.50 bits per heavy atom. The lowest BCUT2D eigenvalue weighted by molar-refractivity contribution is -0.137. The fourth-order valence-electron chi connectivity index (χ4n) is 0.290. The first kappa shape index (κ1) is 7.39. The van der Waals surface area contributed by atoms with Gasteiger partial charge in [-0.3, -0.25) is 4.79 Å². The summed E-state index contributed by atoms with van der Waals surface area (Å²) in [6, 6.07) is 0. The lowest BCUT2D eigenvalue weighted by atomic mass is 10.4. The van der Waals surface area contributed by atoms with Gasteiger partial charge in [0.2, 0.25) is 0 Å². The van der Waals surface area contributed by atoms with Gasteiger partial charge in [-0.05, 0) is 7.05 Å². The molecular weight excluding hydrogens is 108 g/mol. The average Bonchev–Trinajstić information content (AvgIpc) is 1.65. The van der Waals surface area contributed by atoms with Gasteiger partial charge in [0.1, 0.15) is 0 Å². The summed E-state index contributed by atoms with van der Waals surface area (Å²) in [6.45, 7) is 0. The van der Waals surface area contributed by atoms with Crippen molar-refractivity contribution in [2.75, 3.05) is 7.05 Å². The number of nitrogens with one attached hydrogen (secondary N) is 1. The van der Waals surface area contributed by atoms with Crippen LogP contribution in [0.3, 0.4) is 0 Å². The highest BCUT2D eigenvalue weighted by Crippen LogP contribution is 1.79. The minimum Gasteiger partial charge on any atom is -0.481 e. The van der Waals surface area contributed by atoms with Crippen molar-refractivity contribution in [3.8, 4) is 0 Å². The van der Waals surface area contributed by atoms with Crippen molar-refractivity contribution in [3.05, 3.63) is 0 Å². The summed E-state index contributed by atoms with van der Waals surface area (Å²) in [5.41, 5.74) is 5.18. The number of carboxylic acids is 1. The van der Waals surface area contributed by atoms with Crippen LogP contribution in [0.15, 0.2) is 0 Å². The Balaban J connectivity index is 3.24. The summed E-state index contributed by atoms with van der Waals surface area (Å²) < 4.78 is 0. The lowest BCUT2D eigenvalue weighted by Crippen LogP contribution is -2.36. The number of nitrogens with two attached hydrogens (primary N) is 1. The molecule has 0 spiro atoms. The molecule has 0 rings (SSSR count). The zero-order chi connectivity index (χ0) is 6.57. The normalized spacial score (nSPS) is 13.2. The predicted molar refractivity (Wildman–Crippen MR) is 29.3 cm³/mol. The van der Waals surface area contributed by atoms with Gasteiger partial charge in [-0.15, -0.1) is 0 Å². The number of hydrogen-bond acceptors (Lipinski definition) is 3. The molecule has 0 radical (unpaired) electrons. The predicted octanol–water partition coefficient (Wildman–Crippen LogP) is -1.03. The van der Waals surface area contributed by atoms with Crippen LogP contribution in [0.1, 0.15) is 6.42 Å². The zero-order valence-electron chi connectivity index (χ0n) is 4.72. The highest BCUT2D eigenvalue weighted by atomic mass is 16.4. The minimum absolute atomic E-state index is 0.0312. The van der Waals surface area contributed by atoms with Gasteiger partial charge >= 0.3 is 5.97 Å². The van der Waals surface area contributed by atoms with Crippen LogP contribution in [0.25, 0.3) is 0 Å². The monoisotopic (exact) mass is 118 g/mol. The average molecular weight is 118 g/mol.